The Kier molecular flexibility index (Phi) is 8.77. The van der Waals surface area contributed by atoms with Crippen LogP contribution in [0.25, 0.3) is 33.5 Å². The minimum absolute atomic E-state index is 0.0452. The van der Waals surface area contributed by atoms with Crippen LogP contribution in [0.4, 0.5) is 0 Å². The molecule has 0 N–H and O–H groups in total. The summed E-state index contributed by atoms with van der Waals surface area (Å²) >= 11 is 8.67. The maximum Gasteiger partial charge on any atom is 0.263 e. The van der Waals surface area contributed by atoms with Gasteiger partial charge in [-0.2, -0.15) is 0 Å². The van der Waals surface area contributed by atoms with Gasteiger partial charge in [0.2, 0.25) is 0 Å². The first-order chi connectivity index (χ1) is 17.7. The van der Waals surface area contributed by atoms with Gasteiger partial charge >= 0.3 is 0 Å². The molecule has 6 aromatic rings. The van der Waals surface area contributed by atoms with Crippen LogP contribution in [0.5, 0.6) is 0 Å². The molecule has 0 aliphatic rings. The molecular formula is C26H19Br2IN4O4. The molecule has 0 saturated carbocycles. The van der Waals surface area contributed by atoms with Gasteiger partial charge in [-0.15, -0.1) is 0 Å². The summed E-state index contributed by atoms with van der Waals surface area (Å²) in [6.07, 6.45) is 8.54. The molecule has 37 heavy (non-hydrogen) atoms. The van der Waals surface area contributed by atoms with Gasteiger partial charge in [-0.1, -0.05) is 0 Å². The van der Waals surface area contributed by atoms with E-state index < -0.39 is 0 Å². The number of nitrogens with zero attached hydrogens (tertiary/aromatic N) is 4. The number of hydrogen-bond donors (Lipinski definition) is 0. The fourth-order valence-corrected chi connectivity index (χ4v) is 5.50. The number of hydrogen-bond acceptors (Lipinski definition) is 6. The first-order valence-corrected chi connectivity index (χ1v) is 13.4. The normalized spacial score (nSPS) is 10.5. The molecule has 11 heteroatoms. The monoisotopic (exact) mass is 736 g/mol. The average molecular weight is 738 g/mol. The highest BCUT2D eigenvalue weighted by Crippen LogP contribution is 2.25. The van der Waals surface area contributed by atoms with Crippen LogP contribution in [0.1, 0.15) is 0 Å². The lowest BCUT2D eigenvalue weighted by Crippen LogP contribution is -2.18. The molecular weight excluding hydrogens is 719 g/mol. The second-order valence-electron chi connectivity index (χ2n) is 7.72. The molecule has 0 aliphatic carbocycles. The van der Waals surface area contributed by atoms with E-state index in [0.717, 1.165) is 29.1 Å². The number of fused-ring (bicyclic) bond motifs is 2. The van der Waals surface area contributed by atoms with E-state index in [2.05, 4.69) is 41.8 Å². The van der Waals surface area contributed by atoms with Crippen molar-refractivity contribution >= 4 is 76.7 Å². The van der Waals surface area contributed by atoms with Gasteiger partial charge in [-0.3, -0.25) is 19.6 Å². The molecule has 0 bridgehead atoms. The zero-order valence-electron chi connectivity index (χ0n) is 19.6. The van der Waals surface area contributed by atoms with E-state index in [9.17, 15) is 9.59 Å². The van der Waals surface area contributed by atoms with Crippen molar-refractivity contribution in [3.8, 4) is 11.3 Å². The lowest BCUT2D eigenvalue weighted by Gasteiger charge is -2.01. The number of aromatic nitrogens is 4. The minimum atomic E-state index is -0.0998. The third-order valence-electron chi connectivity index (χ3n) is 5.03. The Hall–Kier alpha value is -3.03. The van der Waals surface area contributed by atoms with Crippen LogP contribution in [-0.2, 0) is 14.1 Å². The Labute approximate surface area is 241 Å². The Morgan fingerprint density at radius 1 is 0.811 bits per heavy atom. The molecule has 0 fully saturated rings. The van der Waals surface area contributed by atoms with E-state index in [4.69, 9.17) is 8.83 Å². The van der Waals surface area contributed by atoms with E-state index in [-0.39, 0.29) is 11.1 Å². The molecule has 188 valence electrons. The summed E-state index contributed by atoms with van der Waals surface area (Å²) in [6, 6.07) is 14.5. The molecule has 6 aromatic heterocycles. The van der Waals surface area contributed by atoms with Gasteiger partial charge in [0.15, 0.2) is 11.2 Å². The lowest BCUT2D eigenvalue weighted by molar-refractivity contribution is 0.615. The number of furan rings is 2. The summed E-state index contributed by atoms with van der Waals surface area (Å²) in [6.45, 7) is 0. The van der Waals surface area contributed by atoms with Crippen LogP contribution in [0, 0.1) is 3.57 Å². The van der Waals surface area contributed by atoms with Crippen molar-refractivity contribution in [3.05, 3.63) is 113 Å². The molecule has 0 aliphatic heterocycles. The van der Waals surface area contributed by atoms with E-state index in [1.165, 1.54) is 4.57 Å². The fourth-order valence-electron chi connectivity index (χ4n) is 3.28. The van der Waals surface area contributed by atoms with Gasteiger partial charge in [0, 0.05) is 60.0 Å². The van der Waals surface area contributed by atoms with E-state index in [1.54, 1.807) is 74.0 Å². The Morgan fingerprint density at radius 2 is 1.43 bits per heavy atom. The van der Waals surface area contributed by atoms with Gasteiger partial charge in [0.25, 0.3) is 11.1 Å². The highest BCUT2D eigenvalue weighted by atomic mass is 127. The quantitative estimate of drug-likeness (QED) is 0.178. The number of rotatable bonds is 1. The third-order valence-corrected chi connectivity index (χ3v) is 6.67. The predicted octanol–water partition coefficient (Wildman–Crippen LogP) is 6.54. The van der Waals surface area contributed by atoms with Crippen LogP contribution >= 0.6 is 54.5 Å². The zero-order valence-corrected chi connectivity index (χ0v) is 24.9. The Balaban J connectivity index is 0.000000142. The lowest BCUT2D eigenvalue weighted by atomic mass is 10.2. The Morgan fingerprint density at radius 3 is 2.08 bits per heavy atom. The van der Waals surface area contributed by atoms with Crippen molar-refractivity contribution in [1.82, 2.24) is 19.1 Å². The first kappa shape index (κ1) is 27.0. The van der Waals surface area contributed by atoms with Crippen molar-refractivity contribution < 1.29 is 8.83 Å². The van der Waals surface area contributed by atoms with Crippen LogP contribution in [-0.4, -0.2) is 19.1 Å². The molecule has 6 rings (SSSR count). The summed E-state index contributed by atoms with van der Waals surface area (Å²) < 4.78 is 16.3. The van der Waals surface area contributed by atoms with E-state index >= 15 is 0 Å². The first-order valence-electron chi connectivity index (χ1n) is 10.7. The van der Waals surface area contributed by atoms with Gasteiger partial charge in [0.05, 0.1) is 15.4 Å². The summed E-state index contributed by atoms with van der Waals surface area (Å²) in [5.41, 5.74) is 3.64. The fraction of sp³-hybridized carbons (Fsp3) is 0.0769. The SMILES string of the molecule is Cn1cc(Br)cc(-c2cc3ncccc3o2)c1=O.Cn1cc(Br)cc(I)c1=O.c1cnc2ccoc2c1. The topological polar surface area (TPSA) is 96.1 Å². The van der Waals surface area contributed by atoms with Gasteiger partial charge in [-0.25, -0.2) is 0 Å². The average Bonchev–Trinajstić information content (AvgIpc) is 3.52. The Bertz CT molecular complexity index is 1720. The molecule has 0 amide bonds. The van der Waals surface area contributed by atoms with Gasteiger partial charge < -0.3 is 18.0 Å². The molecule has 0 saturated heterocycles. The number of pyridine rings is 4. The van der Waals surface area contributed by atoms with Crippen molar-refractivity contribution in [2.24, 2.45) is 14.1 Å². The molecule has 8 nitrogen and oxygen atoms in total. The molecule has 6 heterocycles. The van der Waals surface area contributed by atoms with Gasteiger partial charge in [-0.05, 0) is 90.8 Å². The van der Waals surface area contributed by atoms with Crippen molar-refractivity contribution in [3.63, 3.8) is 0 Å². The van der Waals surface area contributed by atoms with Crippen molar-refractivity contribution in [2.75, 3.05) is 0 Å². The largest absolute Gasteiger partial charge is 0.463 e. The second-order valence-corrected chi connectivity index (χ2v) is 10.7. The standard InChI is InChI=1S/C13H9BrN2O2.C7H5NO.C6H5BrINO/c1-16-7-8(14)5-9(13(16)17)12-6-10-11(18-12)3-2-4-15-10;1-2-7-6(8-4-1)3-5-9-7;1-9-3-4(7)2-5(8)6(9)10/h2-7H,1H3;1-5H;2-3H,1H3. The summed E-state index contributed by atoms with van der Waals surface area (Å²) in [5, 5.41) is 0. The third kappa shape index (κ3) is 6.65. The van der Waals surface area contributed by atoms with E-state index in [0.29, 0.717) is 16.9 Å². The van der Waals surface area contributed by atoms with E-state index in [1.807, 2.05) is 46.9 Å². The predicted molar refractivity (Wildman–Crippen MR) is 158 cm³/mol. The van der Waals surface area contributed by atoms with Crippen LogP contribution < -0.4 is 11.1 Å². The zero-order chi connectivity index (χ0) is 26.5. The minimum Gasteiger partial charge on any atom is -0.463 e. The molecule has 0 aromatic carbocycles. The number of aryl methyl sites for hydroxylation is 2. The second kappa shape index (κ2) is 12.0. The summed E-state index contributed by atoms with van der Waals surface area (Å²) in [5.74, 6) is 0.533. The van der Waals surface area contributed by atoms with Gasteiger partial charge in [0.1, 0.15) is 16.8 Å². The molecule has 0 atom stereocenters. The molecule has 0 spiro atoms. The summed E-state index contributed by atoms with van der Waals surface area (Å²) in [7, 11) is 3.44. The van der Waals surface area contributed by atoms with Crippen LogP contribution in [0.15, 0.2) is 107 Å². The van der Waals surface area contributed by atoms with Crippen LogP contribution in [0.2, 0.25) is 0 Å². The smallest absolute Gasteiger partial charge is 0.263 e. The van der Waals surface area contributed by atoms with Crippen molar-refractivity contribution in [1.29, 1.82) is 0 Å². The highest BCUT2D eigenvalue weighted by Gasteiger charge is 2.12. The highest BCUT2D eigenvalue weighted by molar-refractivity contribution is 14.1. The maximum absolute atomic E-state index is 12.1. The number of halogens is 3. The maximum atomic E-state index is 12.1. The molecule has 0 unspecified atom stereocenters. The van der Waals surface area contributed by atoms with Crippen molar-refractivity contribution in [2.45, 2.75) is 0 Å². The van der Waals surface area contributed by atoms with Crippen LogP contribution in [0.3, 0.4) is 0 Å². The summed E-state index contributed by atoms with van der Waals surface area (Å²) in [4.78, 5) is 31.4. The molecule has 0 radical (unpaired) electrons.